The van der Waals surface area contributed by atoms with Crippen molar-refractivity contribution in [3.63, 3.8) is 0 Å². The molecule has 5 nitrogen and oxygen atoms in total. The summed E-state index contributed by atoms with van der Waals surface area (Å²) in [5, 5.41) is 11.2. The van der Waals surface area contributed by atoms with Crippen molar-refractivity contribution < 1.29 is 9.66 Å². The van der Waals surface area contributed by atoms with E-state index in [9.17, 15) is 10.1 Å². The minimum atomic E-state index is -0.323. The lowest BCUT2D eigenvalue weighted by Gasteiger charge is -2.31. The Hall–Kier alpha value is -2.56. The second-order valence-electron chi connectivity index (χ2n) is 5.02. The van der Waals surface area contributed by atoms with Gasteiger partial charge in [0.1, 0.15) is 11.4 Å². The van der Waals surface area contributed by atoms with Gasteiger partial charge < -0.3 is 9.64 Å². The number of hydrogen-bond donors (Lipinski definition) is 0. The Labute approximate surface area is 122 Å². The van der Waals surface area contributed by atoms with Crippen LogP contribution in [0.1, 0.15) is 11.1 Å². The Bertz CT molecular complexity index is 685. The van der Waals surface area contributed by atoms with Crippen molar-refractivity contribution in [2.45, 2.75) is 13.0 Å². The SMILES string of the molecule is COc1cccc2c1CCN(c1ccccc1[N+](=O)[O-])C2. The standard InChI is InChI=1S/C16H16N2O3/c1-21-16-8-4-5-12-11-17(10-9-13(12)16)14-6-2-3-7-15(14)18(19)20/h2-8H,9-11H2,1H3. The number of fused-ring (bicyclic) bond motifs is 1. The van der Waals surface area contributed by atoms with Crippen molar-refractivity contribution in [3.05, 3.63) is 63.7 Å². The van der Waals surface area contributed by atoms with Crippen LogP contribution in [0.15, 0.2) is 42.5 Å². The van der Waals surface area contributed by atoms with Gasteiger partial charge in [0.15, 0.2) is 0 Å². The zero-order chi connectivity index (χ0) is 14.8. The largest absolute Gasteiger partial charge is 0.496 e. The minimum Gasteiger partial charge on any atom is -0.496 e. The highest BCUT2D eigenvalue weighted by Crippen LogP contribution is 2.34. The van der Waals surface area contributed by atoms with Gasteiger partial charge in [-0.05, 0) is 24.1 Å². The Morgan fingerprint density at radius 3 is 2.76 bits per heavy atom. The average Bonchev–Trinajstić information content (AvgIpc) is 2.53. The summed E-state index contributed by atoms with van der Waals surface area (Å²) in [6.07, 6.45) is 0.825. The van der Waals surface area contributed by atoms with E-state index in [4.69, 9.17) is 4.74 Å². The van der Waals surface area contributed by atoms with Gasteiger partial charge in [0.25, 0.3) is 5.69 Å². The van der Waals surface area contributed by atoms with Crippen LogP contribution in [0.3, 0.4) is 0 Å². The molecule has 0 radical (unpaired) electrons. The molecule has 1 aliphatic rings. The third-order valence-electron chi connectivity index (χ3n) is 3.86. The van der Waals surface area contributed by atoms with Crippen molar-refractivity contribution in [1.29, 1.82) is 0 Å². The van der Waals surface area contributed by atoms with Crippen LogP contribution in [0.2, 0.25) is 0 Å². The predicted octanol–water partition coefficient (Wildman–Crippen LogP) is 3.17. The first-order chi connectivity index (χ1) is 10.2. The minimum absolute atomic E-state index is 0.156. The van der Waals surface area contributed by atoms with E-state index in [0.29, 0.717) is 12.2 Å². The third-order valence-corrected chi connectivity index (χ3v) is 3.86. The highest BCUT2D eigenvalue weighted by Gasteiger charge is 2.24. The summed E-state index contributed by atoms with van der Waals surface area (Å²) in [5.41, 5.74) is 3.20. The molecule has 0 aromatic heterocycles. The van der Waals surface area contributed by atoms with E-state index in [1.807, 2.05) is 24.3 Å². The van der Waals surface area contributed by atoms with Gasteiger partial charge in [-0.1, -0.05) is 24.3 Å². The molecule has 21 heavy (non-hydrogen) atoms. The molecule has 1 heterocycles. The number of para-hydroxylation sites is 2. The van der Waals surface area contributed by atoms with Gasteiger partial charge in [-0.25, -0.2) is 0 Å². The first-order valence-electron chi connectivity index (χ1n) is 6.84. The van der Waals surface area contributed by atoms with Crippen molar-refractivity contribution in [2.75, 3.05) is 18.6 Å². The molecule has 0 saturated carbocycles. The van der Waals surface area contributed by atoms with E-state index >= 15 is 0 Å². The number of nitro benzene ring substituents is 1. The number of rotatable bonds is 3. The van der Waals surface area contributed by atoms with E-state index in [-0.39, 0.29) is 10.6 Å². The normalized spacial score (nSPS) is 13.7. The predicted molar refractivity (Wildman–Crippen MR) is 80.8 cm³/mol. The van der Waals surface area contributed by atoms with E-state index in [2.05, 4.69) is 11.0 Å². The number of ether oxygens (including phenoxy) is 1. The van der Waals surface area contributed by atoms with Crippen molar-refractivity contribution in [1.82, 2.24) is 0 Å². The molecule has 0 N–H and O–H groups in total. The van der Waals surface area contributed by atoms with E-state index in [0.717, 1.165) is 18.7 Å². The van der Waals surface area contributed by atoms with Gasteiger partial charge in [-0.2, -0.15) is 0 Å². The summed E-state index contributed by atoms with van der Waals surface area (Å²) in [6.45, 7) is 1.41. The van der Waals surface area contributed by atoms with Gasteiger partial charge in [0.05, 0.1) is 12.0 Å². The molecule has 0 bridgehead atoms. The lowest BCUT2D eigenvalue weighted by atomic mass is 9.98. The molecule has 1 aliphatic heterocycles. The van der Waals surface area contributed by atoms with Crippen LogP contribution in [-0.2, 0) is 13.0 Å². The Kier molecular flexibility index (Phi) is 3.48. The smallest absolute Gasteiger partial charge is 0.292 e. The van der Waals surface area contributed by atoms with E-state index in [1.165, 1.54) is 11.1 Å². The Balaban J connectivity index is 1.96. The number of methoxy groups -OCH3 is 1. The molecule has 0 fully saturated rings. The quantitative estimate of drug-likeness (QED) is 0.641. The van der Waals surface area contributed by atoms with Gasteiger partial charge in [-0.15, -0.1) is 0 Å². The summed E-state index contributed by atoms with van der Waals surface area (Å²) in [7, 11) is 1.67. The van der Waals surface area contributed by atoms with Crippen LogP contribution in [0, 0.1) is 10.1 Å². The lowest BCUT2D eigenvalue weighted by molar-refractivity contribution is -0.384. The highest BCUT2D eigenvalue weighted by atomic mass is 16.6. The first-order valence-corrected chi connectivity index (χ1v) is 6.84. The second kappa shape index (κ2) is 5.44. The van der Waals surface area contributed by atoms with Crippen LogP contribution in [0.5, 0.6) is 5.75 Å². The molecule has 0 unspecified atom stereocenters. The molecule has 0 saturated heterocycles. The van der Waals surface area contributed by atoms with E-state index in [1.54, 1.807) is 19.2 Å². The van der Waals surface area contributed by atoms with Crippen LogP contribution in [0.4, 0.5) is 11.4 Å². The number of benzene rings is 2. The Morgan fingerprint density at radius 1 is 1.19 bits per heavy atom. The second-order valence-corrected chi connectivity index (χ2v) is 5.02. The zero-order valence-electron chi connectivity index (χ0n) is 11.8. The van der Waals surface area contributed by atoms with Gasteiger partial charge >= 0.3 is 0 Å². The molecular formula is C16H16N2O3. The molecule has 3 rings (SSSR count). The van der Waals surface area contributed by atoms with Gasteiger partial charge in [-0.3, -0.25) is 10.1 Å². The molecule has 2 aromatic rings. The summed E-state index contributed by atoms with van der Waals surface area (Å²) < 4.78 is 5.39. The fourth-order valence-corrected chi connectivity index (χ4v) is 2.86. The highest BCUT2D eigenvalue weighted by molar-refractivity contribution is 5.64. The number of anilines is 1. The molecular weight excluding hydrogens is 268 g/mol. The summed E-state index contributed by atoms with van der Waals surface area (Å²) >= 11 is 0. The maximum absolute atomic E-state index is 11.2. The number of hydrogen-bond acceptors (Lipinski definition) is 4. The van der Waals surface area contributed by atoms with Gasteiger partial charge in [0.2, 0.25) is 0 Å². The average molecular weight is 284 g/mol. The molecule has 2 aromatic carbocycles. The van der Waals surface area contributed by atoms with Crippen molar-refractivity contribution in [2.24, 2.45) is 0 Å². The maximum Gasteiger partial charge on any atom is 0.292 e. The summed E-state index contributed by atoms with van der Waals surface area (Å²) in [4.78, 5) is 12.9. The molecule has 5 heteroatoms. The summed E-state index contributed by atoms with van der Waals surface area (Å²) in [6, 6.07) is 12.9. The Morgan fingerprint density at radius 2 is 2.00 bits per heavy atom. The molecule has 0 atom stereocenters. The zero-order valence-corrected chi connectivity index (χ0v) is 11.8. The fourth-order valence-electron chi connectivity index (χ4n) is 2.86. The van der Waals surface area contributed by atoms with Crippen molar-refractivity contribution >= 4 is 11.4 Å². The summed E-state index contributed by atoms with van der Waals surface area (Å²) in [5.74, 6) is 0.898. The molecule has 0 amide bonds. The van der Waals surface area contributed by atoms with E-state index < -0.39 is 0 Å². The third kappa shape index (κ3) is 2.42. The fraction of sp³-hybridized carbons (Fsp3) is 0.250. The monoisotopic (exact) mass is 284 g/mol. The molecule has 0 aliphatic carbocycles. The topological polar surface area (TPSA) is 55.6 Å². The van der Waals surface area contributed by atoms with Crippen LogP contribution >= 0.6 is 0 Å². The molecule has 108 valence electrons. The lowest BCUT2D eigenvalue weighted by Crippen LogP contribution is -2.31. The number of nitrogens with zero attached hydrogens (tertiary/aromatic N) is 2. The van der Waals surface area contributed by atoms with Crippen molar-refractivity contribution in [3.8, 4) is 5.75 Å². The van der Waals surface area contributed by atoms with Gasteiger partial charge in [0, 0.05) is 24.7 Å². The van der Waals surface area contributed by atoms with Crippen LogP contribution in [0.25, 0.3) is 0 Å². The first kappa shape index (κ1) is 13.4. The maximum atomic E-state index is 11.2. The molecule has 0 spiro atoms. The van der Waals surface area contributed by atoms with Crippen LogP contribution < -0.4 is 9.64 Å². The van der Waals surface area contributed by atoms with Crippen LogP contribution in [-0.4, -0.2) is 18.6 Å². The number of nitro groups is 1.